The van der Waals surface area contributed by atoms with Crippen LogP contribution in [0.2, 0.25) is 5.02 Å². The second-order valence-corrected chi connectivity index (χ2v) is 5.36. The molecule has 0 unspecified atom stereocenters. The fourth-order valence-electron chi connectivity index (χ4n) is 2.16. The third-order valence-electron chi connectivity index (χ3n) is 3.30. The van der Waals surface area contributed by atoms with Crippen LogP contribution in [0.25, 0.3) is 0 Å². The van der Waals surface area contributed by atoms with Crippen molar-refractivity contribution in [3.8, 4) is 5.75 Å². The van der Waals surface area contributed by atoms with Gasteiger partial charge in [-0.2, -0.15) is 0 Å². The van der Waals surface area contributed by atoms with E-state index in [1.165, 1.54) is 0 Å². The summed E-state index contributed by atoms with van der Waals surface area (Å²) in [4.78, 5) is 0. The molecule has 1 N–H and O–H groups in total. The van der Waals surface area contributed by atoms with Crippen LogP contribution in [0, 0.1) is 0 Å². The highest BCUT2D eigenvalue weighted by Gasteiger charge is 2.07. The van der Waals surface area contributed by atoms with Crippen LogP contribution in [0.1, 0.15) is 17.3 Å². The molecule has 0 bridgehead atoms. The van der Waals surface area contributed by atoms with Gasteiger partial charge in [-0.05, 0) is 23.8 Å². The maximum Gasteiger partial charge on any atom is 0.235 e. The quantitative estimate of drug-likeness (QED) is 0.742. The van der Waals surface area contributed by atoms with E-state index in [2.05, 4.69) is 15.5 Å². The molecule has 23 heavy (non-hydrogen) atoms. The standard InChI is InChI=1S/C17H16ClN3O2/c1-22-15-8-7-13(10-14(15)18)19-11-17-21-20-16(23-17)9-12-5-3-2-4-6-12/h2-8,10,19H,9,11H2,1H3. The van der Waals surface area contributed by atoms with E-state index in [-0.39, 0.29) is 0 Å². The summed E-state index contributed by atoms with van der Waals surface area (Å²) < 4.78 is 10.8. The molecular weight excluding hydrogens is 314 g/mol. The minimum Gasteiger partial charge on any atom is -0.495 e. The molecule has 0 aliphatic heterocycles. The van der Waals surface area contributed by atoms with E-state index in [4.69, 9.17) is 20.8 Å². The molecule has 118 valence electrons. The van der Waals surface area contributed by atoms with Crippen LogP contribution in [0.5, 0.6) is 5.75 Å². The van der Waals surface area contributed by atoms with Crippen LogP contribution in [0.3, 0.4) is 0 Å². The summed E-state index contributed by atoms with van der Waals surface area (Å²) in [6, 6.07) is 15.5. The van der Waals surface area contributed by atoms with Crippen molar-refractivity contribution in [1.82, 2.24) is 10.2 Å². The van der Waals surface area contributed by atoms with Gasteiger partial charge >= 0.3 is 0 Å². The smallest absolute Gasteiger partial charge is 0.235 e. The summed E-state index contributed by atoms with van der Waals surface area (Å²) >= 11 is 6.09. The second kappa shape index (κ2) is 7.15. The summed E-state index contributed by atoms with van der Waals surface area (Å²) in [5, 5.41) is 11.9. The highest BCUT2D eigenvalue weighted by Crippen LogP contribution is 2.27. The van der Waals surface area contributed by atoms with Crippen molar-refractivity contribution in [2.24, 2.45) is 0 Å². The Balaban J connectivity index is 1.60. The Morgan fingerprint density at radius 2 is 1.87 bits per heavy atom. The molecule has 1 heterocycles. The molecule has 3 rings (SSSR count). The number of benzene rings is 2. The molecule has 0 saturated heterocycles. The van der Waals surface area contributed by atoms with Gasteiger partial charge in [-0.1, -0.05) is 41.9 Å². The molecule has 0 saturated carbocycles. The first-order valence-corrected chi connectivity index (χ1v) is 7.55. The normalized spacial score (nSPS) is 10.5. The number of hydrogen-bond acceptors (Lipinski definition) is 5. The van der Waals surface area contributed by atoms with Crippen molar-refractivity contribution in [2.75, 3.05) is 12.4 Å². The van der Waals surface area contributed by atoms with Crippen molar-refractivity contribution < 1.29 is 9.15 Å². The van der Waals surface area contributed by atoms with Crippen LogP contribution in [-0.2, 0) is 13.0 Å². The van der Waals surface area contributed by atoms with E-state index < -0.39 is 0 Å². The number of anilines is 1. The Labute approximate surface area is 139 Å². The van der Waals surface area contributed by atoms with E-state index in [1.54, 1.807) is 19.2 Å². The summed E-state index contributed by atoms with van der Waals surface area (Å²) in [6.45, 7) is 0.435. The Morgan fingerprint density at radius 1 is 1.09 bits per heavy atom. The van der Waals surface area contributed by atoms with Crippen LogP contribution in [0.4, 0.5) is 5.69 Å². The number of ether oxygens (including phenoxy) is 1. The van der Waals surface area contributed by atoms with Crippen molar-refractivity contribution in [2.45, 2.75) is 13.0 Å². The summed E-state index contributed by atoms with van der Waals surface area (Å²) in [7, 11) is 1.58. The van der Waals surface area contributed by atoms with Gasteiger partial charge in [-0.15, -0.1) is 10.2 Å². The number of methoxy groups -OCH3 is 1. The highest BCUT2D eigenvalue weighted by molar-refractivity contribution is 6.32. The van der Waals surface area contributed by atoms with Gasteiger partial charge in [-0.25, -0.2) is 0 Å². The van der Waals surface area contributed by atoms with E-state index in [0.717, 1.165) is 11.3 Å². The molecule has 0 fully saturated rings. The van der Waals surface area contributed by atoms with E-state index >= 15 is 0 Å². The van der Waals surface area contributed by atoms with E-state index in [0.29, 0.717) is 35.5 Å². The lowest BCUT2D eigenvalue weighted by Crippen LogP contribution is -1.99. The second-order valence-electron chi connectivity index (χ2n) is 4.95. The molecular formula is C17H16ClN3O2. The molecule has 0 radical (unpaired) electrons. The maximum absolute atomic E-state index is 6.09. The first kappa shape index (κ1) is 15.4. The summed E-state index contributed by atoms with van der Waals surface area (Å²) in [5.74, 6) is 1.77. The zero-order valence-corrected chi connectivity index (χ0v) is 13.4. The van der Waals surface area contributed by atoms with Crippen LogP contribution >= 0.6 is 11.6 Å². The average Bonchev–Trinajstić information content (AvgIpc) is 3.01. The summed E-state index contributed by atoms with van der Waals surface area (Å²) in [5.41, 5.74) is 2.00. The molecule has 5 nitrogen and oxygen atoms in total. The van der Waals surface area contributed by atoms with Gasteiger partial charge < -0.3 is 14.5 Å². The number of halogens is 1. The molecule has 3 aromatic rings. The Hall–Kier alpha value is -2.53. The molecule has 0 aliphatic rings. The maximum atomic E-state index is 6.09. The molecule has 0 amide bonds. The van der Waals surface area contributed by atoms with Crippen molar-refractivity contribution in [3.63, 3.8) is 0 Å². The van der Waals surface area contributed by atoms with Gasteiger partial charge in [0.1, 0.15) is 5.75 Å². The summed E-state index contributed by atoms with van der Waals surface area (Å²) in [6.07, 6.45) is 0.627. The monoisotopic (exact) mass is 329 g/mol. The van der Waals surface area contributed by atoms with Crippen molar-refractivity contribution in [3.05, 3.63) is 70.9 Å². The SMILES string of the molecule is COc1ccc(NCc2nnc(Cc3ccccc3)o2)cc1Cl. The minimum absolute atomic E-state index is 0.435. The van der Waals surface area contributed by atoms with Crippen molar-refractivity contribution in [1.29, 1.82) is 0 Å². The number of nitrogens with zero attached hydrogens (tertiary/aromatic N) is 2. The Bertz CT molecular complexity index is 775. The van der Waals surface area contributed by atoms with E-state index in [1.807, 2.05) is 36.4 Å². The minimum atomic E-state index is 0.435. The Morgan fingerprint density at radius 3 is 2.61 bits per heavy atom. The lowest BCUT2D eigenvalue weighted by Gasteiger charge is -2.07. The zero-order valence-electron chi connectivity index (χ0n) is 12.6. The largest absolute Gasteiger partial charge is 0.495 e. The highest BCUT2D eigenvalue weighted by atomic mass is 35.5. The van der Waals surface area contributed by atoms with Gasteiger partial charge in [0.25, 0.3) is 0 Å². The fourth-order valence-corrected chi connectivity index (χ4v) is 2.41. The molecule has 0 aliphatic carbocycles. The van der Waals surface area contributed by atoms with Gasteiger partial charge in [-0.3, -0.25) is 0 Å². The predicted molar refractivity (Wildman–Crippen MR) is 88.9 cm³/mol. The number of aromatic nitrogens is 2. The van der Waals surface area contributed by atoms with Gasteiger partial charge in [0.2, 0.25) is 11.8 Å². The van der Waals surface area contributed by atoms with Gasteiger partial charge in [0.15, 0.2) is 0 Å². The molecule has 1 aromatic heterocycles. The zero-order chi connectivity index (χ0) is 16.1. The van der Waals surface area contributed by atoms with Crippen LogP contribution < -0.4 is 10.1 Å². The lowest BCUT2D eigenvalue weighted by atomic mass is 10.2. The molecule has 0 atom stereocenters. The fraction of sp³-hybridized carbons (Fsp3) is 0.176. The third-order valence-corrected chi connectivity index (χ3v) is 3.60. The van der Waals surface area contributed by atoms with Gasteiger partial charge in [0.05, 0.1) is 25.1 Å². The van der Waals surface area contributed by atoms with Crippen molar-refractivity contribution >= 4 is 17.3 Å². The number of hydrogen-bond donors (Lipinski definition) is 1. The molecule has 0 spiro atoms. The van der Waals surface area contributed by atoms with E-state index in [9.17, 15) is 0 Å². The number of rotatable bonds is 6. The van der Waals surface area contributed by atoms with Crippen LogP contribution in [-0.4, -0.2) is 17.3 Å². The van der Waals surface area contributed by atoms with Crippen LogP contribution in [0.15, 0.2) is 52.9 Å². The molecule has 2 aromatic carbocycles. The predicted octanol–water partition coefficient (Wildman–Crippen LogP) is 3.93. The Kier molecular flexibility index (Phi) is 4.78. The first-order valence-electron chi connectivity index (χ1n) is 7.17. The molecule has 6 heteroatoms. The first-order chi connectivity index (χ1) is 11.2. The topological polar surface area (TPSA) is 60.2 Å². The lowest BCUT2D eigenvalue weighted by molar-refractivity contribution is 0.415. The number of nitrogens with one attached hydrogen (secondary N) is 1. The third kappa shape index (κ3) is 4.02. The van der Waals surface area contributed by atoms with Gasteiger partial charge in [0, 0.05) is 5.69 Å². The average molecular weight is 330 g/mol.